The second kappa shape index (κ2) is 2.31. The molecule has 1 amide bonds. The van der Waals surface area contributed by atoms with E-state index < -0.39 is 0 Å². The fourth-order valence-corrected chi connectivity index (χ4v) is 1.73. The maximum atomic E-state index is 11.3. The predicted octanol–water partition coefficient (Wildman–Crippen LogP) is 1.20. The number of nitrogens with one attached hydrogen (secondary N) is 1. The van der Waals surface area contributed by atoms with Gasteiger partial charge in [-0.3, -0.25) is 9.78 Å². The van der Waals surface area contributed by atoms with Gasteiger partial charge in [-0.15, -0.1) is 0 Å². The van der Waals surface area contributed by atoms with Gasteiger partial charge in [0, 0.05) is 35.5 Å². The summed E-state index contributed by atoms with van der Waals surface area (Å²) in [4.78, 5) is 15.7. The first-order valence-electron chi connectivity index (χ1n) is 4.61. The van der Waals surface area contributed by atoms with Crippen molar-refractivity contribution < 1.29 is 4.79 Å². The lowest BCUT2D eigenvalue weighted by atomic mass is 10.1. The average Bonchev–Trinajstić information content (AvgIpc) is 2.93. The molecule has 3 heteroatoms. The van der Waals surface area contributed by atoms with Crippen LogP contribution in [0.1, 0.15) is 40.4 Å². The van der Waals surface area contributed by atoms with E-state index in [1.165, 1.54) is 12.8 Å². The summed E-state index contributed by atoms with van der Waals surface area (Å²) in [5, 5.41) is 2.79. The van der Waals surface area contributed by atoms with Gasteiger partial charge < -0.3 is 5.32 Å². The van der Waals surface area contributed by atoms with Gasteiger partial charge in [-0.2, -0.15) is 0 Å². The van der Waals surface area contributed by atoms with E-state index in [0.717, 1.165) is 16.8 Å². The number of carbonyl (C=O) groups excluding carboxylic acids is 1. The summed E-state index contributed by atoms with van der Waals surface area (Å²) in [5.41, 5.74) is 2.96. The van der Waals surface area contributed by atoms with Crippen molar-refractivity contribution in [1.29, 1.82) is 0 Å². The average molecular weight is 174 g/mol. The normalized spacial score (nSPS) is 19.8. The molecule has 0 unspecified atom stereocenters. The van der Waals surface area contributed by atoms with Gasteiger partial charge in [-0.25, -0.2) is 0 Å². The summed E-state index contributed by atoms with van der Waals surface area (Å²) < 4.78 is 0. The van der Waals surface area contributed by atoms with Crippen molar-refractivity contribution in [3.63, 3.8) is 0 Å². The summed E-state index contributed by atoms with van der Waals surface area (Å²) in [7, 11) is 0. The molecule has 0 radical (unpaired) electrons. The van der Waals surface area contributed by atoms with Gasteiger partial charge in [0.05, 0.1) is 0 Å². The first-order chi connectivity index (χ1) is 6.34. The van der Waals surface area contributed by atoms with E-state index in [-0.39, 0.29) is 5.91 Å². The molecule has 66 valence electrons. The molecule has 1 aromatic rings. The highest BCUT2D eigenvalue weighted by molar-refractivity contribution is 5.98. The molecule has 0 saturated heterocycles. The second-order valence-corrected chi connectivity index (χ2v) is 3.72. The van der Waals surface area contributed by atoms with Gasteiger partial charge >= 0.3 is 0 Å². The van der Waals surface area contributed by atoms with Crippen molar-refractivity contribution in [3.05, 3.63) is 29.1 Å². The molecule has 13 heavy (non-hydrogen) atoms. The van der Waals surface area contributed by atoms with E-state index in [1.54, 1.807) is 0 Å². The lowest BCUT2D eigenvalue weighted by Gasteiger charge is -1.99. The number of nitrogens with zero attached hydrogens (tertiary/aromatic N) is 1. The molecule has 2 heterocycles. The monoisotopic (exact) mass is 174 g/mol. The zero-order valence-corrected chi connectivity index (χ0v) is 7.21. The van der Waals surface area contributed by atoms with Crippen LogP contribution in [-0.2, 0) is 6.54 Å². The van der Waals surface area contributed by atoms with Gasteiger partial charge in [0.1, 0.15) is 0 Å². The zero-order valence-electron chi connectivity index (χ0n) is 7.21. The van der Waals surface area contributed by atoms with E-state index in [2.05, 4.69) is 10.3 Å². The highest BCUT2D eigenvalue weighted by Crippen LogP contribution is 2.39. The number of hydrogen-bond donors (Lipinski definition) is 1. The Bertz CT molecular complexity index is 383. The number of aromatic nitrogens is 1. The van der Waals surface area contributed by atoms with Crippen molar-refractivity contribution in [2.24, 2.45) is 0 Å². The molecule has 0 bridgehead atoms. The number of carbonyl (C=O) groups is 1. The van der Waals surface area contributed by atoms with E-state index in [1.807, 2.05) is 12.3 Å². The Labute approximate surface area is 76.2 Å². The molecular weight excluding hydrogens is 164 g/mol. The van der Waals surface area contributed by atoms with E-state index in [9.17, 15) is 4.79 Å². The summed E-state index contributed by atoms with van der Waals surface area (Å²) in [6.07, 6.45) is 4.29. The summed E-state index contributed by atoms with van der Waals surface area (Å²) in [6, 6.07) is 1.95. The summed E-state index contributed by atoms with van der Waals surface area (Å²) in [6.45, 7) is 0.645. The summed E-state index contributed by atoms with van der Waals surface area (Å²) >= 11 is 0. The Morgan fingerprint density at radius 1 is 1.46 bits per heavy atom. The Morgan fingerprint density at radius 3 is 3.08 bits per heavy atom. The number of hydrogen-bond acceptors (Lipinski definition) is 2. The topological polar surface area (TPSA) is 42.0 Å². The first-order valence-corrected chi connectivity index (χ1v) is 4.61. The van der Waals surface area contributed by atoms with Crippen LogP contribution in [0.2, 0.25) is 0 Å². The van der Waals surface area contributed by atoms with E-state index in [0.29, 0.717) is 12.5 Å². The molecule has 1 aromatic heterocycles. The molecule has 1 saturated carbocycles. The molecule has 1 aliphatic carbocycles. The van der Waals surface area contributed by atoms with Crippen molar-refractivity contribution in [2.75, 3.05) is 0 Å². The van der Waals surface area contributed by atoms with Crippen LogP contribution in [0.15, 0.2) is 12.3 Å². The third-order valence-corrected chi connectivity index (χ3v) is 2.69. The molecule has 0 aromatic carbocycles. The Hall–Kier alpha value is -1.38. The maximum Gasteiger partial charge on any atom is 0.252 e. The molecular formula is C10H10N2O. The van der Waals surface area contributed by atoms with Crippen molar-refractivity contribution >= 4 is 5.91 Å². The van der Waals surface area contributed by atoms with Gasteiger partial charge in [0.25, 0.3) is 5.91 Å². The lowest BCUT2D eigenvalue weighted by molar-refractivity contribution is 0.0965. The van der Waals surface area contributed by atoms with E-state index >= 15 is 0 Å². The summed E-state index contributed by atoms with van der Waals surface area (Å²) in [5.74, 6) is 0.679. The number of amides is 1. The van der Waals surface area contributed by atoms with Crippen LogP contribution in [0.4, 0.5) is 0 Å². The SMILES string of the molecule is O=C1NCc2cnc(C3CC3)cc21. The predicted molar refractivity (Wildman–Crippen MR) is 47.4 cm³/mol. The molecule has 0 spiro atoms. The lowest BCUT2D eigenvalue weighted by Crippen LogP contribution is -2.12. The second-order valence-electron chi connectivity index (χ2n) is 3.72. The van der Waals surface area contributed by atoms with Gasteiger partial charge in [-0.1, -0.05) is 0 Å². The number of fused-ring (bicyclic) bond motifs is 1. The quantitative estimate of drug-likeness (QED) is 0.695. The third-order valence-electron chi connectivity index (χ3n) is 2.69. The standard InChI is InChI=1S/C10H10N2O/c13-10-8-3-9(6-1-2-6)11-4-7(8)5-12-10/h3-4,6H,1-2,5H2,(H,12,13). The molecule has 2 aliphatic rings. The third kappa shape index (κ3) is 1.03. The highest BCUT2D eigenvalue weighted by Gasteiger charge is 2.27. The van der Waals surface area contributed by atoms with Crippen LogP contribution in [0.25, 0.3) is 0 Å². The largest absolute Gasteiger partial charge is 0.348 e. The molecule has 3 rings (SSSR count). The zero-order chi connectivity index (χ0) is 8.84. The van der Waals surface area contributed by atoms with E-state index in [4.69, 9.17) is 0 Å². The van der Waals surface area contributed by atoms with Crippen LogP contribution in [0, 0.1) is 0 Å². The van der Waals surface area contributed by atoms with Crippen LogP contribution < -0.4 is 5.32 Å². The maximum absolute atomic E-state index is 11.3. The molecule has 1 N–H and O–H groups in total. The number of rotatable bonds is 1. The fourth-order valence-electron chi connectivity index (χ4n) is 1.73. The Morgan fingerprint density at radius 2 is 2.31 bits per heavy atom. The van der Waals surface area contributed by atoms with Gasteiger partial charge in [0.15, 0.2) is 0 Å². The van der Waals surface area contributed by atoms with Crippen molar-refractivity contribution in [1.82, 2.24) is 10.3 Å². The number of pyridine rings is 1. The van der Waals surface area contributed by atoms with Gasteiger partial charge in [0.2, 0.25) is 0 Å². The smallest absolute Gasteiger partial charge is 0.252 e. The van der Waals surface area contributed by atoms with Crippen molar-refractivity contribution in [3.8, 4) is 0 Å². The fraction of sp³-hybridized carbons (Fsp3) is 0.400. The Kier molecular flexibility index (Phi) is 1.26. The van der Waals surface area contributed by atoms with Crippen LogP contribution in [0.5, 0.6) is 0 Å². The first kappa shape index (κ1) is 7.06. The van der Waals surface area contributed by atoms with Crippen LogP contribution in [0.3, 0.4) is 0 Å². The van der Waals surface area contributed by atoms with Crippen LogP contribution in [-0.4, -0.2) is 10.9 Å². The minimum atomic E-state index is 0.0549. The minimum Gasteiger partial charge on any atom is -0.348 e. The molecule has 0 atom stereocenters. The van der Waals surface area contributed by atoms with Gasteiger partial charge in [-0.05, 0) is 18.9 Å². The van der Waals surface area contributed by atoms with Crippen LogP contribution >= 0.6 is 0 Å². The Balaban J connectivity index is 2.09. The highest BCUT2D eigenvalue weighted by atomic mass is 16.1. The molecule has 1 fully saturated rings. The molecule has 3 nitrogen and oxygen atoms in total. The van der Waals surface area contributed by atoms with Crippen molar-refractivity contribution in [2.45, 2.75) is 25.3 Å². The molecule has 1 aliphatic heterocycles. The minimum absolute atomic E-state index is 0.0549.